The van der Waals surface area contributed by atoms with E-state index >= 15 is 4.39 Å². The van der Waals surface area contributed by atoms with E-state index in [4.69, 9.17) is 4.98 Å². The summed E-state index contributed by atoms with van der Waals surface area (Å²) < 4.78 is 18.1. The molecule has 3 N–H and O–H groups in total. The quantitative estimate of drug-likeness (QED) is 0.393. The highest BCUT2D eigenvalue weighted by molar-refractivity contribution is 7.23. The van der Waals surface area contributed by atoms with Gasteiger partial charge in [0.1, 0.15) is 5.82 Å². The van der Waals surface area contributed by atoms with Gasteiger partial charge in [0.25, 0.3) is 5.91 Å². The van der Waals surface area contributed by atoms with Gasteiger partial charge in [-0.15, -0.1) is 0 Å². The number of aliphatic hydroxyl groups is 1. The summed E-state index contributed by atoms with van der Waals surface area (Å²) in [7, 11) is 2.11. The number of hydrogen-bond donors (Lipinski definition) is 3. The zero-order valence-corrected chi connectivity index (χ0v) is 21.0. The Morgan fingerprint density at radius 1 is 1.19 bits per heavy atom. The highest BCUT2D eigenvalue weighted by Crippen LogP contribution is 2.33. The smallest absolute Gasteiger partial charge is 0.251 e. The second kappa shape index (κ2) is 9.55. The Bertz CT molecular complexity index is 1420. The first-order valence-corrected chi connectivity index (χ1v) is 13.4. The average Bonchev–Trinajstić information content (AvgIpc) is 3.43. The lowest BCUT2D eigenvalue weighted by molar-refractivity contribution is 0.0917. The molecule has 6 rings (SSSR count). The predicted molar refractivity (Wildman–Crippen MR) is 140 cm³/mol. The fourth-order valence-electron chi connectivity index (χ4n) is 5.39. The maximum absolute atomic E-state index is 15.1. The first kappa shape index (κ1) is 23.5. The number of nitrogens with one attached hydrogen (secondary N) is 2. The molecule has 4 heterocycles. The van der Waals surface area contributed by atoms with Gasteiger partial charge in [0.15, 0.2) is 4.96 Å². The summed E-state index contributed by atoms with van der Waals surface area (Å²) in [5.74, 6) is -0.435. The van der Waals surface area contributed by atoms with E-state index < -0.39 is 6.10 Å². The van der Waals surface area contributed by atoms with E-state index in [2.05, 4.69) is 22.6 Å². The number of imidazole rings is 1. The average molecular weight is 508 g/mol. The van der Waals surface area contributed by atoms with Crippen LogP contribution in [0.3, 0.4) is 0 Å². The maximum Gasteiger partial charge on any atom is 0.251 e. The van der Waals surface area contributed by atoms with Crippen LogP contribution in [0.4, 0.5) is 4.39 Å². The van der Waals surface area contributed by atoms with Gasteiger partial charge in [-0.3, -0.25) is 9.20 Å². The molecule has 2 aromatic carbocycles. The van der Waals surface area contributed by atoms with Gasteiger partial charge in [0.2, 0.25) is 0 Å². The van der Waals surface area contributed by atoms with Crippen LogP contribution in [0, 0.1) is 5.82 Å². The number of carbonyl (C=O) groups excluding carboxylic acids is 1. The molecule has 2 aliphatic heterocycles. The van der Waals surface area contributed by atoms with E-state index in [0.717, 1.165) is 59.6 Å². The molecule has 2 unspecified atom stereocenters. The summed E-state index contributed by atoms with van der Waals surface area (Å²) in [6.07, 6.45) is 4.06. The lowest BCUT2D eigenvalue weighted by atomic mass is 9.87. The van der Waals surface area contributed by atoms with Crippen molar-refractivity contribution in [3.8, 4) is 11.3 Å². The van der Waals surface area contributed by atoms with Crippen LogP contribution in [-0.4, -0.2) is 70.7 Å². The van der Waals surface area contributed by atoms with E-state index in [1.807, 2.05) is 34.9 Å². The van der Waals surface area contributed by atoms with Crippen molar-refractivity contribution in [1.82, 2.24) is 24.9 Å². The number of carbonyl (C=O) groups is 1. The van der Waals surface area contributed by atoms with Crippen LogP contribution in [0.15, 0.2) is 42.6 Å². The first-order valence-electron chi connectivity index (χ1n) is 12.6. The standard InChI is InChI=1S/C27H30FN5O2S/c1-32-10-7-18(8-11-32)30-26(35)17-3-5-23-25(13-17)36-27-31-22(15-33(23)27)20-4-2-16(12-21(20)28)19-6-9-29-14-24(19)34/h2-5,12-13,15,18-19,24,29,34H,6-11,14H2,1H3,(H,30,35). The summed E-state index contributed by atoms with van der Waals surface area (Å²) in [6, 6.07) is 11.1. The summed E-state index contributed by atoms with van der Waals surface area (Å²) in [4.78, 5) is 20.6. The number of rotatable bonds is 4. The van der Waals surface area contributed by atoms with E-state index in [0.29, 0.717) is 23.4 Å². The van der Waals surface area contributed by atoms with E-state index in [1.165, 1.54) is 17.4 Å². The van der Waals surface area contributed by atoms with Gasteiger partial charge >= 0.3 is 0 Å². The summed E-state index contributed by atoms with van der Waals surface area (Å²) >= 11 is 1.49. The molecule has 0 spiro atoms. The number of aromatic nitrogens is 2. The molecule has 2 atom stereocenters. The van der Waals surface area contributed by atoms with Crippen molar-refractivity contribution in [2.45, 2.75) is 37.3 Å². The van der Waals surface area contributed by atoms with Crippen molar-refractivity contribution < 1.29 is 14.3 Å². The molecule has 4 aromatic rings. The number of hydrogen-bond acceptors (Lipinski definition) is 6. The Hall–Kier alpha value is -2.85. The minimum atomic E-state index is -0.510. The third-order valence-corrected chi connectivity index (χ3v) is 8.57. The van der Waals surface area contributed by atoms with Gasteiger partial charge < -0.3 is 20.6 Å². The molecule has 2 fully saturated rings. The Balaban J connectivity index is 1.23. The van der Waals surface area contributed by atoms with Crippen LogP contribution in [0.25, 0.3) is 26.4 Å². The van der Waals surface area contributed by atoms with Crippen LogP contribution in [0.1, 0.15) is 41.1 Å². The minimum absolute atomic E-state index is 0.0424. The van der Waals surface area contributed by atoms with Crippen molar-refractivity contribution in [1.29, 1.82) is 0 Å². The number of fused-ring (bicyclic) bond motifs is 3. The zero-order chi connectivity index (χ0) is 24.8. The van der Waals surface area contributed by atoms with Crippen molar-refractivity contribution in [2.75, 3.05) is 33.2 Å². The molecule has 0 saturated carbocycles. The molecule has 1 amide bonds. The second-order valence-electron chi connectivity index (χ2n) is 10.0. The topological polar surface area (TPSA) is 81.9 Å². The van der Waals surface area contributed by atoms with Gasteiger partial charge in [-0.25, -0.2) is 9.37 Å². The molecule has 7 nitrogen and oxygen atoms in total. The van der Waals surface area contributed by atoms with Gasteiger partial charge in [-0.1, -0.05) is 17.4 Å². The Kier molecular flexibility index (Phi) is 6.25. The normalized spacial score (nSPS) is 21.9. The summed E-state index contributed by atoms with van der Waals surface area (Å²) in [6.45, 7) is 3.34. The Morgan fingerprint density at radius 2 is 2.03 bits per heavy atom. The first-order chi connectivity index (χ1) is 17.5. The summed E-state index contributed by atoms with van der Waals surface area (Å²) in [5.41, 5.74) is 3.43. The predicted octanol–water partition coefficient (Wildman–Crippen LogP) is 3.62. The highest BCUT2D eigenvalue weighted by atomic mass is 32.1. The van der Waals surface area contributed by atoms with Crippen molar-refractivity contribution >= 4 is 32.4 Å². The molecular formula is C27H30FN5O2S. The third kappa shape index (κ3) is 4.41. The largest absolute Gasteiger partial charge is 0.391 e. The zero-order valence-electron chi connectivity index (χ0n) is 20.2. The number of nitrogens with zero attached hydrogens (tertiary/aromatic N) is 3. The number of piperidine rings is 2. The molecule has 36 heavy (non-hydrogen) atoms. The molecule has 2 saturated heterocycles. The van der Waals surface area contributed by atoms with Crippen LogP contribution in [0.5, 0.6) is 0 Å². The molecule has 0 bridgehead atoms. The second-order valence-corrected chi connectivity index (χ2v) is 11.0. The van der Waals surface area contributed by atoms with Crippen LogP contribution in [-0.2, 0) is 0 Å². The number of benzene rings is 2. The SMILES string of the molecule is CN1CCC(NC(=O)c2ccc3c(c2)sc2nc(-c4ccc(C5CCNCC5O)cc4F)cn23)CC1. The van der Waals surface area contributed by atoms with Gasteiger partial charge in [-0.2, -0.15) is 0 Å². The van der Waals surface area contributed by atoms with E-state index in [9.17, 15) is 9.90 Å². The number of halogens is 1. The Labute approximate surface area is 212 Å². The summed E-state index contributed by atoms with van der Waals surface area (Å²) in [5, 5.41) is 16.6. The lowest BCUT2D eigenvalue weighted by Crippen LogP contribution is -2.43. The Morgan fingerprint density at radius 3 is 2.81 bits per heavy atom. The van der Waals surface area contributed by atoms with Gasteiger partial charge in [0, 0.05) is 35.8 Å². The number of aliphatic hydroxyl groups excluding tert-OH is 1. The van der Waals surface area contributed by atoms with E-state index in [1.54, 1.807) is 6.07 Å². The lowest BCUT2D eigenvalue weighted by Gasteiger charge is -2.29. The molecule has 188 valence electrons. The fraction of sp³-hybridized carbons (Fsp3) is 0.407. The molecule has 0 radical (unpaired) electrons. The molecule has 2 aliphatic rings. The molecule has 2 aromatic heterocycles. The number of β-amino-alcohol motifs (C(OH)–C–C–N with tert-alkyl or cyclic N) is 1. The van der Waals surface area contributed by atoms with Crippen molar-refractivity contribution in [2.24, 2.45) is 0 Å². The van der Waals surface area contributed by atoms with E-state index in [-0.39, 0.29) is 23.7 Å². The molecule has 9 heteroatoms. The maximum atomic E-state index is 15.1. The minimum Gasteiger partial charge on any atom is -0.391 e. The fourth-order valence-corrected chi connectivity index (χ4v) is 6.44. The van der Waals surface area contributed by atoms with Crippen molar-refractivity contribution in [3.63, 3.8) is 0 Å². The van der Waals surface area contributed by atoms with Gasteiger partial charge in [-0.05, 0) is 81.8 Å². The molecular weight excluding hydrogens is 477 g/mol. The number of thiazole rings is 1. The van der Waals surface area contributed by atoms with Gasteiger partial charge in [0.05, 0.1) is 22.0 Å². The third-order valence-electron chi connectivity index (χ3n) is 7.56. The monoisotopic (exact) mass is 507 g/mol. The van der Waals surface area contributed by atoms with Crippen LogP contribution >= 0.6 is 11.3 Å². The number of likely N-dealkylation sites (tertiary alicyclic amines) is 1. The highest BCUT2D eigenvalue weighted by Gasteiger charge is 2.26. The van der Waals surface area contributed by atoms with Crippen LogP contribution in [0.2, 0.25) is 0 Å². The molecule has 0 aliphatic carbocycles. The van der Waals surface area contributed by atoms with Crippen molar-refractivity contribution in [3.05, 3.63) is 59.5 Å². The van der Waals surface area contributed by atoms with Crippen LogP contribution < -0.4 is 10.6 Å². The number of amides is 1.